The van der Waals surface area contributed by atoms with Crippen molar-refractivity contribution in [3.05, 3.63) is 35.4 Å². The summed E-state index contributed by atoms with van der Waals surface area (Å²) in [6.07, 6.45) is 5.83. The van der Waals surface area contributed by atoms with E-state index in [-0.39, 0.29) is 11.8 Å². The fraction of sp³-hybridized carbons (Fsp3) is 0.529. The number of aromatic carboxylic acids is 1. The van der Waals surface area contributed by atoms with Crippen LogP contribution in [0.15, 0.2) is 24.3 Å². The van der Waals surface area contributed by atoms with Gasteiger partial charge in [-0.05, 0) is 25.0 Å². The van der Waals surface area contributed by atoms with Gasteiger partial charge in [-0.1, -0.05) is 57.7 Å². The summed E-state index contributed by atoms with van der Waals surface area (Å²) >= 11 is 0. The van der Waals surface area contributed by atoms with Gasteiger partial charge in [-0.3, -0.25) is 4.79 Å². The van der Waals surface area contributed by atoms with Gasteiger partial charge in [-0.25, -0.2) is 4.79 Å². The first-order valence-corrected chi connectivity index (χ1v) is 7.48. The van der Waals surface area contributed by atoms with Crippen molar-refractivity contribution < 1.29 is 14.7 Å². The number of carbonyl (C=O) groups is 2. The fourth-order valence-electron chi connectivity index (χ4n) is 1.83. The van der Waals surface area contributed by atoms with Crippen molar-refractivity contribution in [1.29, 1.82) is 0 Å². The molecule has 3 N–H and O–H groups in total. The van der Waals surface area contributed by atoms with Crippen LogP contribution in [0.4, 0.5) is 0 Å². The first-order chi connectivity index (χ1) is 9.90. The second-order valence-electron chi connectivity index (χ2n) is 5.27. The third-order valence-electron chi connectivity index (χ3n) is 3.35. The van der Waals surface area contributed by atoms with Gasteiger partial charge in [0.1, 0.15) is 0 Å². The van der Waals surface area contributed by atoms with Crippen LogP contribution in [0.5, 0.6) is 0 Å². The molecule has 1 amide bonds. The van der Waals surface area contributed by atoms with Gasteiger partial charge in [-0.15, -0.1) is 0 Å². The highest BCUT2D eigenvalue weighted by atomic mass is 16.4. The van der Waals surface area contributed by atoms with E-state index in [0.717, 1.165) is 18.4 Å². The highest BCUT2D eigenvalue weighted by molar-refractivity contribution is 5.89. The third-order valence-corrected chi connectivity index (χ3v) is 3.35. The lowest BCUT2D eigenvalue weighted by atomic mass is 10.0. The molecule has 0 aliphatic carbocycles. The molecule has 1 unspecified atom stereocenters. The van der Waals surface area contributed by atoms with E-state index in [1.807, 2.05) is 13.0 Å². The summed E-state index contributed by atoms with van der Waals surface area (Å²) in [6, 6.07) is 6.92. The number of carboxylic acids is 1. The molecule has 0 aromatic heterocycles. The number of hydrogen-bond donors (Lipinski definition) is 2. The molecule has 1 atom stereocenters. The van der Waals surface area contributed by atoms with E-state index in [4.69, 9.17) is 10.8 Å². The Labute approximate surface area is 127 Å². The predicted molar refractivity (Wildman–Crippen MR) is 85.3 cm³/mol. The van der Waals surface area contributed by atoms with Gasteiger partial charge in [0.25, 0.3) is 0 Å². The Hall–Kier alpha value is -1.84. The number of hydrogen-bond acceptors (Lipinski definition) is 2. The molecule has 1 aromatic carbocycles. The smallest absolute Gasteiger partial charge is 0.335 e. The van der Waals surface area contributed by atoms with Crippen molar-refractivity contribution in [3.63, 3.8) is 0 Å². The van der Waals surface area contributed by atoms with E-state index in [9.17, 15) is 9.59 Å². The van der Waals surface area contributed by atoms with Crippen LogP contribution in [-0.4, -0.2) is 17.0 Å². The summed E-state index contributed by atoms with van der Waals surface area (Å²) in [4.78, 5) is 21.0. The summed E-state index contributed by atoms with van der Waals surface area (Å²) in [5.41, 5.74) is 6.29. The molecule has 4 heteroatoms. The Morgan fingerprint density at radius 3 is 2.24 bits per heavy atom. The van der Waals surface area contributed by atoms with Crippen LogP contribution in [0, 0.1) is 12.8 Å². The molecule has 0 saturated heterocycles. The molecule has 0 aliphatic rings. The molecule has 118 valence electrons. The number of carboxylic acid groups (broad SMARTS) is 1. The third kappa shape index (κ3) is 8.84. The average Bonchev–Trinajstić information content (AvgIpc) is 2.44. The number of benzene rings is 1. The molecule has 0 bridgehead atoms. The van der Waals surface area contributed by atoms with Crippen LogP contribution >= 0.6 is 0 Å². The van der Waals surface area contributed by atoms with E-state index in [0.29, 0.717) is 5.56 Å². The average molecular weight is 293 g/mol. The molecular formula is C17H27NO3. The SMILES string of the molecule is CCCCCCC(C)C(N)=O.Cc1ccccc1C(=O)O. The number of rotatable bonds is 7. The van der Waals surface area contributed by atoms with E-state index < -0.39 is 5.97 Å². The number of unbranched alkanes of at least 4 members (excludes halogenated alkanes) is 3. The van der Waals surface area contributed by atoms with Crippen LogP contribution in [0.1, 0.15) is 61.9 Å². The Morgan fingerprint density at radius 1 is 1.19 bits per heavy atom. The maximum Gasteiger partial charge on any atom is 0.335 e. The van der Waals surface area contributed by atoms with Gasteiger partial charge < -0.3 is 10.8 Å². The quantitative estimate of drug-likeness (QED) is 0.751. The molecule has 1 aromatic rings. The summed E-state index contributed by atoms with van der Waals surface area (Å²) < 4.78 is 0. The van der Waals surface area contributed by atoms with Gasteiger partial charge >= 0.3 is 5.97 Å². The maximum atomic E-state index is 10.6. The van der Waals surface area contributed by atoms with E-state index >= 15 is 0 Å². The number of nitrogens with two attached hydrogens (primary N) is 1. The van der Waals surface area contributed by atoms with E-state index in [2.05, 4.69) is 6.92 Å². The molecule has 0 fully saturated rings. The van der Waals surface area contributed by atoms with Gasteiger partial charge in [0.05, 0.1) is 5.56 Å². The van der Waals surface area contributed by atoms with E-state index in [1.165, 1.54) is 19.3 Å². The number of carbonyl (C=O) groups excluding carboxylic acids is 1. The largest absolute Gasteiger partial charge is 0.478 e. The first kappa shape index (κ1) is 19.2. The molecular weight excluding hydrogens is 266 g/mol. The zero-order chi connectivity index (χ0) is 16.3. The minimum Gasteiger partial charge on any atom is -0.478 e. The van der Waals surface area contributed by atoms with Crippen molar-refractivity contribution in [2.75, 3.05) is 0 Å². The lowest BCUT2D eigenvalue weighted by molar-refractivity contribution is -0.121. The molecule has 0 spiro atoms. The fourth-order valence-corrected chi connectivity index (χ4v) is 1.83. The lowest BCUT2D eigenvalue weighted by Gasteiger charge is -2.05. The predicted octanol–water partition coefficient (Wildman–Crippen LogP) is 3.77. The Balaban J connectivity index is 0.000000382. The second kappa shape index (κ2) is 10.9. The van der Waals surface area contributed by atoms with Crippen LogP contribution in [0.25, 0.3) is 0 Å². The maximum absolute atomic E-state index is 10.6. The Morgan fingerprint density at radius 2 is 1.81 bits per heavy atom. The molecule has 0 aliphatic heterocycles. The standard InChI is InChI=1S/C9H19NO.C8H8O2/c1-3-4-5-6-7-8(2)9(10)11;1-6-4-2-3-5-7(6)8(9)10/h8H,3-7H2,1-2H3,(H2,10,11);2-5H,1H3,(H,9,10). The number of aryl methyl sites for hydroxylation is 1. The van der Waals surface area contributed by atoms with Gasteiger partial charge in [0.15, 0.2) is 0 Å². The normalized spacial score (nSPS) is 11.2. The number of amides is 1. The van der Waals surface area contributed by atoms with Crippen molar-refractivity contribution in [1.82, 2.24) is 0 Å². The van der Waals surface area contributed by atoms with Gasteiger partial charge in [-0.2, -0.15) is 0 Å². The van der Waals surface area contributed by atoms with E-state index in [1.54, 1.807) is 25.1 Å². The van der Waals surface area contributed by atoms with Crippen molar-refractivity contribution in [2.24, 2.45) is 11.7 Å². The molecule has 0 saturated carbocycles. The molecule has 4 nitrogen and oxygen atoms in total. The number of primary amides is 1. The minimum atomic E-state index is -0.863. The molecule has 0 heterocycles. The molecule has 0 radical (unpaired) electrons. The van der Waals surface area contributed by atoms with Crippen LogP contribution in [0.3, 0.4) is 0 Å². The molecule has 1 rings (SSSR count). The zero-order valence-electron chi connectivity index (χ0n) is 13.3. The topological polar surface area (TPSA) is 80.4 Å². The van der Waals surface area contributed by atoms with Crippen molar-refractivity contribution in [2.45, 2.75) is 52.9 Å². The summed E-state index contributed by atoms with van der Waals surface area (Å²) in [5, 5.41) is 8.57. The summed E-state index contributed by atoms with van der Waals surface area (Å²) in [6.45, 7) is 5.86. The summed E-state index contributed by atoms with van der Waals surface area (Å²) in [5.74, 6) is -0.966. The van der Waals surface area contributed by atoms with Crippen molar-refractivity contribution in [3.8, 4) is 0 Å². The van der Waals surface area contributed by atoms with Crippen LogP contribution < -0.4 is 5.73 Å². The highest BCUT2D eigenvalue weighted by Gasteiger charge is 2.06. The first-order valence-electron chi connectivity index (χ1n) is 7.48. The monoisotopic (exact) mass is 293 g/mol. The van der Waals surface area contributed by atoms with Crippen molar-refractivity contribution >= 4 is 11.9 Å². The molecule has 21 heavy (non-hydrogen) atoms. The second-order valence-corrected chi connectivity index (χ2v) is 5.27. The zero-order valence-corrected chi connectivity index (χ0v) is 13.3. The Kier molecular flexibility index (Phi) is 9.94. The minimum absolute atomic E-state index is 0.0619. The van der Waals surface area contributed by atoms with Crippen LogP contribution in [0.2, 0.25) is 0 Å². The van der Waals surface area contributed by atoms with Gasteiger partial charge in [0, 0.05) is 5.92 Å². The van der Waals surface area contributed by atoms with Gasteiger partial charge in [0.2, 0.25) is 5.91 Å². The summed E-state index contributed by atoms with van der Waals surface area (Å²) in [7, 11) is 0. The lowest BCUT2D eigenvalue weighted by Crippen LogP contribution is -2.20. The highest BCUT2D eigenvalue weighted by Crippen LogP contribution is 2.09. The van der Waals surface area contributed by atoms with Crippen LogP contribution in [-0.2, 0) is 4.79 Å². The Bertz CT molecular complexity index is 443.